The van der Waals surface area contributed by atoms with Crippen molar-refractivity contribution in [3.05, 3.63) is 35.9 Å². The predicted molar refractivity (Wildman–Crippen MR) is 124 cm³/mol. The summed E-state index contributed by atoms with van der Waals surface area (Å²) in [7, 11) is 1.80. The Morgan fingerprint density at radius 2 is 1.53 bits per heavy atom. The molecule has 2 saturated heterocycles. The van der Waals surface area contributed by atoms with Crippen LogP contribution in [0.2, 0.25) is 0 Å². The molecule has 3 aliphatic rings. The van der Waals surface area contributed by atoms with E-state index >= 15 is 0 Å². The van der Waals surface area contributed by atoms with Crippen molar-refractivity contribution in [2.75, 3.05) is 66.1 Å². The summed E-state index contributed by atoms with van der Waals surface area (Å²) in [5, 5.41) is 3.96. The molecule has 5 nitrogen and oxygen atoms in total. The second-order valence-corrected chi connectivity index (χ2v) is 9.52. The van der Waals surface area contributed by atoms with Crippen LogP contribution in [0.5, 0.6) is 0 Å². The van der Waals surface area contributed by atoms with Crippen LogP contribution in [-0.4, -0.2) is 92.9 Å². The van der Waals surface area contributed by atoms with Crippen LogP contribution in [0, 0.1) is 0 Å². The molecule has 1 N–H and O–H groups in total. The van der Waals surface area contributed by atoms with Crippen molar-refractivity contribution >= 4 is 0 Å². The molecular weight excluding hydrogens is 372 g/mol. The van der Waals surface area contributed by atoms with Gasteiger partial charge in [0.25, 0.3) is 0 Å². The van der Waals surface area contributed by atoms with Gasteiger partial charge in [0.15, 0.2) is 0 Å². The first kappa shape index (κ1) is 22.2. The van der Waals surface area contributed by atoms with E-state index in [-0.39, 0.29) is 0 Å². The maximum atomic E-state index is 5.27. The van der Waals surface area contributed by atoms with Crippen LogP contribution < -0.4 is 5.32 Å². The molecule has 1 unspecified atom stereocenters. The van der Waals surface area contributed by atoms with Gasteiger partial charge in [-0.25, -0.2) is 0 Å². The number of ether oxygens (including phenoxy) is 1. The van der Waals surface area contributed by atoms with Crippen LogP contribution in [0.3, 0.4) is 0 Å². The first-order valence-electron chi connectivity index (χ1n) is 12.3. The lowest BCUT2D eigenvalue weighted by atomic mass is 9.99. The second-order valence-electron chi connectivity index (χ2n) is 9.52. The molecule has 5 heteroatoms. The Hall–Kier alpha value is -0.980. The smallest absolute Gasteiger partial charge is 0.0589 e. The largest absolute Gasteiger partial charge is 0.383 e. The van der Waals surface area contributed by atoms with Crippen molar-refractivity contribution < 1.29 is 4.74 Å². The summed E-state index contributed by atoms with van der Waals surface area (Å²) in [4.78, 5) is 7.99. The lowest BCUT2D eigenvalue weighted by molar-refractivity contribution is 0.0549. The molecular formula is C25H42N4O. The van der Waals surface area contributed by atoms with Gasteiger partial charge in [-0.3, -0.25) is 9.80 Å². The number of nitrogens with zero attached hydrogens (tertiary/aromatic N) is 3. The number of nitrogens with one attached hydrogen (secondary N) is 1. The molecule has 0 bridgehead atoms. The highest BCUT2D eigenvalue weighted by molar-refractivity contribution is 5.20. The molecule has 3 fully saturated rings. The second kappa shape index (κ2) is 11.6. The highest BCUT2D eigenvalue weighted by Crippen LogP contribution is 2.26. The van der Waals surface area contributed by atoms with E-state index in [1.54, 1.807) is 7.11 Å². The number of likely N-dealkylation sites (tertiary alicyclic amines) is 1. The summed E-state index contributed by atoms with van der Waals surface area (Å²) in [6.45, 7) is 10.2. The standard InChI is InChI=1S/C25H42N4O/c1-30-20-19-27-15-17-29(18-16-27)25(22-7-3-2-4-8-22)21-28-13-11-24(12-14-28)26-23-9-5-6-10-23/h2-4,7-8,23-26H,5-6,9-21H2,1H3. The number of hydrogen-bond donors (Lipinski definition) is 1. The Kier molecular flexibility index (Phi) is 8.58. The van der Waals surface area contributed by atoms with Gasteiger partial charge in [-0.15, -0.1) is 0 Å². The Labute approximate surface area is 183 Å². The van der Waals surface area contributed by atoms with Gasteiger partial charge in [0, 0.05) is 64.5 Å². The Balaban J connectivity index is 1.30. The van der Waals surface area contributed by atoms with Crippen molar-refractivity contribution in [3.63, 3.8) is 0 Å². The molecule has 1 saturated carbocycles. The molecule has 0 spiro atoms. The van der Waals surface area contributed by atoms with E-state index in [0.717, 1.165) is 58.0 Å². The van der Waals surface area contributed by atoms with E-state index < -0.39 is 0 Å². The third-order valence-electron chi connectivity index (χ3n) is 7.49. The summed E-state index contributed by atoms with van der Waals surface area (Å²) in [6.07, 6.45) is 8.26. The summed E-state index contributed by atoms with van der Waals surface area (Å²) < 4.78 is 5.27. The van der Waals surface area contributed by atoms with Crippen molar-refractivity contribution in [3.8, 4) is 0 Å². The fourth-order valence-electron chi connectivity index (χ4n) is 5.58. The molecule has 2 aliphatic heterocycles. The van der Waals surface area contributed by atoms with Crippen LogP contribution in [0.1, 0.15) is 50.1 Å². The normalized spacial score (nSPS) is 24.4. The van der Waals surface area contributed by atoms with Gasteiger partial charge in [-0.1, -0.05) is 43.2 Å². The van der Waals surface area contributed by atoms with Gasteiger partial charge in [0.1, 0.15) is 0 Å². The van der Waals surface area contributed by atoms with E-state index in [0.29, 0.717) is 6.04 Å². The molecule has 1 aromatic carbocycles. The minimum atomic E-state index is 0.509. The molecule has 1 aliphatic carbocycles. The van der Waals surface area contributed by atoms with Gasteiger partial charge in [0.05, 0.1) is 6.61 Å². The maximum absolute atomic E-state index is 5.27. The van der Waals surface area contributed by atoms with Gasteiger partial charge >= 0.3 is 0 Å². The Morgan fingerprint density at radius 1 is 0.867 bits per heavy atom. The molecule has 1 atom stereocenters. The van der Waals surface area contributed by atoms with Crippen molar-refractivity contribution in [2.45, 2.75) is 56.7 Å². The molecule has 0 aromatic heterocycles. The topological polar surface area (TPSA) is 31.0 Å². The Bertz CT molecular complexity index is 590. The zero-order valence-electron chi connectivity index (χ0n) is 19.0. The summed E-state index contributed by atoms with van der Waals surface area (Å²) in [5.74, 6) is 0. The maximum Gasteiger partial charge on any atom is 0.0589 e. The first-order chi connectivity index (χ1) is 14.8. The van der Waals surface area contributed by atoms with Gasteiger partial charge in [-0.2, -0.15) is 0 Å². The van der Waals surface area contributed by atoms with E-state index in [1.165, 1.54) is 57.2 Å². The van der Waals surface area contributed by atoms with Gasteiger partial charge in [-0.05, 0) is 44.3 Å². The zero-order chi connectivity index (χ0) is 20.6. The van der Waals surface area contributed by atoms with Crippen LogP contribution in [0.15, 0.2) is 30.3 Å². The van der Waals surface area contributed by atoms with E-state index in [2.05, 4.69) is 50.3 Å². The minimum absolute atomic E-state index is 0.509. The number of piperidine rings is 1. The third-order valence-corrected chi connectivity index (χ3v) is 7.49. The lowest BCUT2D eigenvalue weighted by Crippen LogP contribution is -2.52. The first-order valence-corrected chi connectivity index (χ1v) is 12.3. The molecule has 0 amide bonds. The Morgan fingerprint density at radius 3 is 2.20 bits per heavy atom. The van der Waals surface area contributed by atoms with Crippen LogP contribution >= 0.6 is 0 Å². The SMILES string of the molecule is COCCN1CCN(C(CN2CCC(NC3CCCC3)CC2)c2ccccc2)CC1. The fraction of sp³-hybridized carbons (Fsp3) is 0.760. The average molecular weight is 415 g/mol. The highest BCUT2D eigenvalue weighted by Gasteiger charge is 2.29. The quantitative estimate of drug-likeness (QED) is 0.671. The van der Waals surface area contributed by atoms with Crippen LogP contribution in [0.25, 0.3) is 0 Å². The van der Waals surface area contributed by atoms with Gasteiger partial charge < -0.3 is 15.0 Å². The number of benzene rings is 1. The third kappa shape index (κ3) is 6.27. The molecule has 168 valence electrons. The van der Waals surface area contributed by atoms with E-state index in [4.69, 9.17) is 4.74 Å². The average Bonchev–Trinajstić information content (AvgIpc) is 3.31. The minimum Gasteiger partial charge on any atom is -0.383 e. The molecule has 4 rings (SSSR count). The highest BCUT2D eigenvalue weighted by atomic mass is 16.5. The predicted octanol–water partition coefficient (Wildman–Crippen LogP) is 2.99. The van der Waals surface area contributed by atoms with Gasteiger partial charge in [0.2, 0.25) is 0 Å². The summed E-state index contributed by atoms with van der Waals surface area (Å²) >= 11 is 0. The molecule has 1 aromatic rings. The molecule has 30 heavy (non-hydrogen) atoms. The summed E-state index contributed by atoms with van der Waals surface area (Å²) in [5.41, 5.74) is 1.48. The van der Waals surface area contributed by atoms with Crippen LogP contribution in [-0.2, 0) is 4.74 Å². The van der Waals surface area contributed by atoms with Crippen molar-refractivity contribution in [2.24, 2.45) is 0 Å². The fourth-order valence-corrected chi connectivity index (χ4v) is 5.58. The molecule has 0 radical (unpaired) electrons. The van der Waals surface area contributed by atoms with Crippen molar-refractivity contribution in [1.82, 2.24) is 20.0 Å². The number of methoxy groups -OCH3 is 1. The lowest BCUT2D eigenvalue weighted by Gasteiger charge is -2.42. The monoisotopic (exact) mass is 414 g/mol. The van der Waals surface area contributed by atoms with E-state index in [9.17, 15) is 0 Å². The van der Waals surface area contributed by atoms with Crippen LogP contribution in [0.4, 0.5) is 0 Å². The number of piperazine rings is 1. The zero-order valence-corrected chi connectivity index (χ0v) is 19.0. The number of rotatable bonds is 9. The van der Waals surface area contributed by atoms with Crippen molar-refractivity contribution in [1.29, 1.82) is 0 Å². The summed E-state index contributed by atoms with van der Waals surface area (Å²) in [6, 6.07) is 13.3. The van der Waals surface area contributed by atoms with E-state index in [1.807, 2.05) is 0 Å². The number of hydrogen-bond acceptors (Lipinski definition) is 5. The molecule has 2 heterocycles.